The summed E-state index contributed by atoms with van der Waals surface area (Å²) < 4.78 is 0. The first-order valence-electron chi connectivity index (χ1n) is 9.48. The molecule has 0 saturated carbocycles. The van der Waals surface area contributed by atoms with Crippen molar-refractivity contribution in [3.05, 3.63) is 36.5 Å². The zero-order chi connectivity index (χ0) is 18.2. The van der Waals surface area contributed by atoms with Gasteiger partial charge in [-0.1, -0.05) is 57.2 Å². The van der Waals surface area contributed by atoms with E-state index >= 15 is 0 Å². The van der Waals surface area contributed by atoms with Gasteiger partial charge in [0, 0.05) is 13.2 Å². The van der Waals surface area contributed by atoms with Crippen LogP contribution in [0.15, 0.2) is 36.5 Å². The Kier molecular flexibility index (Phi) is 15.0. The van der Waals surface area contributed by atoms with Crippen molar-refractivity contribution in [3.63, 3.8) is 0 Å². The molecule has 3 N–H and O–H groups in total. The molecule has 0 fully saturated rings. The predicted molar refractivity (Wildman–Crippen MR) is 103 cm³/mol. The van der Waals surface area contributed by atoms with Crippen molar-refractivity contribution in [1.82, 2.24) is 0 Å². The molecule has 0 aliphatic rings. The molecule has 3 heteroatoms. The summed E-state index contributed by atoms with van der Waals surface area (Å²) in [5.74, 6) is 1.75. The molecule has 24 heavy (non-hydrogen) atoms. The fraction of sp³-hybridized carbons (Fsp3) is 0.714. The van der Waals surface area contributed by atoms with E-state index < -0.39 is 0 Å². The summed E-state index contributed by atoms with van der Waals surface area (Å²) in [4.78, 5) is 0. The first kappa shape index (κ1) is 23.1. The van der Waals surface area contributed by atoms with E-state index in [9.17, 15) is 0 Å². The summed E-state index contributed by atoms with van der Waals surface area (Å²) in [6.45, 7) is 7.21. The molecule has 0 aromatic rings. The van der Waals surface area contributed by atoms with Crippen LogP contribution in [0, 0.1) is 23.7 Å². The summed E-state index contributed by atoms with van der Waals surface area (Å²) in [5, 5.41) is 27.0. The highest BCUT2D eigenvalue weighted by Crippen LogP contribution is 2.34. The lowest BCUT2D eigenvalue weighted by molar-refractivity contribution is 0.263. The van der Waals surface area contributed by atoms with Crippen LogP contribution in [0.5, 0.6) is 0 Å². The average molecular weight is 339 g/mol. The third-order valence-electron chi connectivity index (χ3n) is 4.77. The second-order valence-electron chi connectivity index (χ2n) is 6.43. The highest BCUT2D eigenvalue weighted by molar-refractivity contribution is 5.04. The summed E-state index contributed by atoms with van der Waals surface area (Å²) in [5.41, 5.74) is 0. The minimum Gasteiger partial charge on any atom is -0.396 e. The van der Waals surface area contributed by atoms with Gasteiger partial charge in [-0.15, -0.1) is 0 Å². The van der Waals surface area contributed by atoms with Crippen LogP contribution in [0.1, 0.15) is 52.9 Å². The SMILES string of the molecule is CCC(C=CCCO)C(C)C(C=CCCCO)C(C=CCO)CC. The van der Waals surface area contributed by atoms with Crippen LogP contribution in [0.4, 0.5) is 0 Å². The standard InChI is InChI=1S/C21H38O3/c1-4-19(12-8-10-16-23)18(3)21(14-7-6-9-15-22)20(5-2)13-11-17-24/h7-8,11-14,18-24H,4-6,9-10,15-17H2,1-3H3. The number of hydrogen-bond donors (Lipinski definition) is 3. The molecule has 0 aliphatic carbocycles. The van der Waals surface area contributed by atoms with Crippen molar-refractivity contribution in [3.8, 4) is 0 Å². The summed E-state index contributed by atoms with van der Waals surface area (Å²) >= 11 is 0. The van der Waals surface area contributed by atoms with E-state index in [4.69, 9.17) is 15.3 Å². The summed E-state index contributed by atoms with van der Waals surface area (Å²) in [6.07, 6.45) is 17.3. The van der Waals surface area contributed by atoms with E-state index in [1.54, 1.807) is 0 Å². The van der Waals surface area contributed by atoms with Gasteiger partial charge >= 0.3 is 0 Å². The largest absolute Gasteiger partial charge is 0.396 e. The lowest BCUT2D eigenvalue weighted by atomic mass is 9.73. The predicted octanol–water partition coefficient (Wildman–Crippen LogP) is 4.11. The molecule has 0 spiro atoms. The first-order chi connectivity index (χ1) is 11.7. The average Bonchev–Trinajstić information content (AvgIpc) is 2.60. The molecular weight excluding hydrogens is 300 g/mol. The van der Waals surface area contributed by atoms with Gasteiger partial charge in [-0.25, -0.2) is 0 Å². The van der Waals surface area contributed by atoms with Crippen LogP contribution in [0.25, 0.3) is 0 Å². The van der Waals surface area contributed by atoms with Gasteiger partial charge in [-0.05, 0) is 55.8 Å². The highest BCUT2D eigenvalue weighted by Gasteiger charge is 2.26. The molecule has 0 aromatic carbocycles. The Hall–Kier alpha value is -0.900. The van der Waals surface area contributed by atoms with Crippen molar-refractivity contribution in [2.45, 2.75) is 52.9 Å². The van der Waals surface area contributed by atoms with Gasteiger partial charge in [0.05, 0.1) is 6.61 Å². The Morgan fingerprint density at radius 3 is 1.92 bits per heavy atom. The van der Waals surface area contributed by atoms with Crippen molar-refractivity contribution in [2.24, 2.45) is 23.7 Å². The lowest BCUT2D eigenvalue weighted by Crippen LogP contribution is -2.24. The zero-order valence-corrected chi connectivity index (χ0v) is 15.8. The Morgan fingerprint density at radius 2 is 1.38 bits per heavy atom. The van der Waals surface area contributed by atoms with Crippen LogP contribution in [0.3, 0.4) is 0 Å². The lowest BCUT2D eigenvalue weighted by Gasteiger charge is -2.31. The van der Waals surface area contributed by atoms with E-state index in [0.29, 0.717) is 30.1 Å². The second-order valence-corrected chi connectivity index (χ2v) is 6.43. The molecule has 0 saturated heterocycles. The van der Waals surface area contributed by atoms with Crippen molar-refractivity contribution in [2.75, 3.05) is 19.8 Å². The van der Waals surface area contributed by atoms with E-state index in [1.807, 2.05) is 6.08 Å². The molecule has 0 bridgehead atoms. The highest BCUT2D eigenvalue weighted by atomic mass is 16.3. The monoisotopic (exact) mass is 338 g/mol. The summed E-state index contributed by atoms with van der Waals surface area (Å²) in [7, 11) is 0. The minimum absolute atomic E-state index is 0.0828. The first-order valence-corrected chi connectivity index (χ1v) is 9.48. The van der Waals surface area contributed by atoms with Crippen LogP contribution in [0.2, 0.25) is 0 Å². The van der Waals surface area contributed by atoms with E-state index in [-0.39, 0.29) is 19.8 Å². The molecule has 0 heterocycles. The molecule has 0 aliphatic heterocycles. The van der Waals surface area contributed by atoms with E-state index in [1.165, 1.54) is 0 Å². The van der Waals surface area contributed by atoms with Crippen molar-refractivity contribution < 1.29 is 15.3 Å². The number of unbranched alkanes of at least 4 members (excludes halogenated alkanes) is 1. The zero-order valence-electron chi connectivity index (χ0n) is 15.8. The minimum atomic E-state index is 0.0828. The Bertz CT molecular complexity index is 360. The third kappa shape index (κ3) is 9.41. The number of hydrogen-bond acceptors (Lipinski definition) is 3. The Morgan fingerprint density at radius 1 is 0.750 bits per heavy atom. The second kappa shape index (κ2) is 15.6. The number of aliphatic hydroxyl groups is 3. The molecule has 140 valence electrons. The van der Waals surface area contributed by atoms with Gasteiger partial charge in [-0.2, -0.15) is 0 Å². The quantitative estimate of drug-likeness (QED) is 0.330. The van der Waals surface area contributed by atoms with Gasteiger partial charge in [0.25, 0.3) is 0 Å². The Balaban J connectivity index is 5.22. The molecule has 0 radical (unpaired) electrons. The molecule has 4 atom stereocenters. The molecule has 0 aromatic heterocycles. The van der Waals surface area contributed by atoms with Crippen LogP contribution < -0.4 is 0 Å². The van der Waals surface area contributed by atoms with Gasteiger partial charge in [-0.3, -0.25) is 0 Å². The number of aliphatic hydroxyl groups excluding tert-OH is 3. The van der Waals surface area contributed by atoms with Crippen LogP contribution in [-0.2, 0) is 0 Å². The maximum atomic E-state index is 9.11. The maximum Gasteiger partial charge on any atom is 0.0612 e. The van der Waals surface area contributed by atoms with E-state index in [2.05, 4.69) is 51.2 Å². The van der Waals surface area contributed by atoms with Crippen LogP contribution >= 0.6 is 0 Å². The number of rotatable bonds is 14. The van der Waals surface area contributed by atoms with E-state index in [0.717, 1.165) is 25.7 Å². The fourth-order valence-electron chi connectivity index (χ4n) is 3.26. The fourth-order valence-corrected chi connectivity index (χ4v) is 3.26. The molecule has 0 amide bonds. The topological polar surface area (TPSA) is 60.7 Å². The molecule has 3 nitrogen and oxygen atoms in total. The van der Waals surface area contributed by atoms with Gasteiger partial charge in [0.1, 0.15) is 0 Å². The molecule has 0 rings (SSSR count). The van der Waals surface area contributed by atoms with Gasteiger partial charge < -0.3 is 15.3 Å². The number of allylic oxidation sites excluding steroid dienone is 4. The molecule has 4 unspecified atom stereocenters. The van der Waals surface area contributed by atoms with Gasteiger partial charge in [0.2, 0.25) is 0 Å². The maximum absolute atomic E-state index is 9.11. The third-order valence-corrected chi connectivity index (χ3v) is 4.77. The molecular formula is C21H38O3. The van der Waals surface area contributed by atoms with Gasteiger partial charge in [0.15, 0.2) is 0 Å². The van der Waals surface area contributed by atoms with Crippen LogP contribution in [-0.4, -0.2) is 35.1 Å². The smallest absolute Gasteiger partial charge is 0.0612 e. The van der Waals surface area contributed by atoms with Crippen molar-refractivity contribution >= 4 is 0 Å². The summed E-state index contributed by atoms with van der Waals surface area (Å²) in [6, 6.07) is 0. The Labute approximate surface area is 148 Å². The van der Waals surface area contributed by atoms with Crippen molar-refractivity contribution in [1.29, 1.82) is 0 Å². The normalized spacial score (nSPS) is 17.8.